The maximum absolute atomic E-state index is 4.78. The molecule has 0 N–H and O–H groups in total. The van der Waals surface area contributed by atoms with E-state index in [-0.39, 0.29) is 0 Å². The molecule has 0 aliphatic heterocycles. The zero-order chi connectivity index (χ0) is 63.2. The summed E-state index contributed by atoms with van der Waals surface area (Å²) in [5.41, 5.74) is 18.0. The zero-order valence-corrected chi connectivity index (χ0v) is 52.4. The average Bonchev–Trinajstić information content (AvgIpc) is 1.12. The van der Waals surface area contributed by atoms with Gasteiger partial charge in [0.1, 0.15) is 0 Å². The van der Waals surface area contributed by atoms with Crippen LogP contribution in [-0.2, 0) is 0 Å². The van der Waals surface area contributed by atoms with Gasteiger partial charge in [-0.2, -0.15) is 0 Å². The van der Waals surface area contributed by atoms with Crippen LogP contribution >= 0.6 is 0 Å². The van der Waals surface area contributed by atoms with Crippen molar-refractivity contribution in [2.75, 3.05) is 0 Å². The van der Waals surface area contributed by atoms with E-state index in [2.05, 4.69) is 306 Å². The van der Waals surface area contributed by atoms with Crippen molar-refractivity contribution in [3.05, 3.63) is 341 Å². The van der Waals surface area contributed by atoms with Crippen LogP contribution in [0.1, 0.15) is 13.8 Å². The molecule has 4 nitrogen and oxygen atoms in total. The van der Waals surface area contributed by atoms with Crippen LogP contribution in [0.15, 0.2) is 341 Å². The lowest BCUT2D eigenvalue weighted by Crippen LogP contribution is -1.94. The molecule has 0 radical (unpaired) electrons. The fourth-order valence-electron chi connectivity index (χ4n) is 14.5. The van der Waals surface area contributed by atoms with Crippen LogP contribution in [0.3, 0.4) is 0 Å². The predicted molar refractivity (Wildman–Crippen MR) is 405 cm³/mol. The predicted octanol–water partition coefficient (Wildman–Crippen LogP) is 24.9. The van der Waals surface area contributed by atoms with Gasteiger partial charge in [0, 0.05) is 62.5 Å². The third kappa shape index (κ3) is 9.71. The molecule has 0 aliphatic carbocycles. The molecule has 444 valence electrons. The summed E-state index contributed by atoms with van der Waals surface area (Å²) in [6.45, 7) is 10.7. The number of hydrogen-bond acceptors (Lipinski definition) is 2. The van der Waals surface area contributed by atoms with E-state index in [1.807, 2.05) is 50.7 Å². The summed E-state index contributed by atoms with van der Waals surface area (Å²) in [6, 6.07) is 104. The second kappa shape index (κ2) is 24.2. The van der Waals surface area contributed by atoms with Crippen molar-refractivity contribution < 1.29 is 0 Å². The van der Waals surface area contributed by atoms with Crippen LogP contribution in [0, 0.1) is 0 Å². The topological polar surface area (TPSA) is 35.6 Å². The highest BCUT2D eigenvalue weighted by Gasteiger charge is 2.20. The Morgan fingerprint density at radius 3 is 1.15 bits per heavy atom. The monoisotopic (exact) mass is 1200 g/mol. The van der Waals surface area contributed by atoms with Gasteiger partial charge < -0.3 is 9.13 Å². The van der Waals surface area contributed by atoms with E-state index in [9.17, 15) is 0 Å². The van der Waals surface area contributed by atoms with Crippen molar-refractivity contribution in [2.45, 2.75) is 13.8 Å². The van der Waals surface area contributed by atoms with Gasteiger partial charge >= 0.3 is 0 Å². The number of aromatic nitrogens is 4. The summed E-state index contributed by atoms with van der Waals surface area (Å²) in [5, 5.41) is 21.8. The first-order valence-corrected chi connectivity index (χ1v) is 32.2. The van der Waals surface area contributed by atoms with E-state index in [0.717, 1.165) is 16.5 Å². The van der Waals surface area contributed by atoms with Gasteiger partial charge in [-0.15, -0.1) is 6.58 Å². The lowest BCUT2D eigenvalue weighted by molar-refractivity contribution is 1.18. The minimum absolute atomic E-state index is 1.02. The van der Waals surface area contributed by atoms with Crippen LogP contribution in [0.4, 0.5) is 0 Å². The van der Waals surface area contributed by atoms with Crippen molar-refractivity contribution in [1.29, 1.82) is 0 Å². The molecule has 0 amide bonds. The molecule has 19 rings (SSSR count). The van der Waals surface area contributed by atoms with Gasteiger partial charge in [-0.1, -0.05) is 243 Å². The summed E-state index contributed by atoms with van der Waals surface area (Å²) in [7, 11) is 0. The Kier molecular flexibility index (Phi) is 14.7. The van der Waals surface area contributed by atoms with Gasteiger partial charge in [0.25, 0.3) is 0 Å². The second-order valence-corrected chi connectivity index (χ2v) is 24.0. The first-order chi connectivity index (χ1) is 46.5. The van der Waals surface area contributed by atoms with Crippen LogP contribution in [-0.4, -0.2) is 19.1 Å². The number of benzene rings is 15. The van der Waals surface area contributed by atoms with Gasteiger partial charge in [0.05, 0.1) is 27.6 Å². The summed E-state index contributed by atoms with van der Waals surface area (Å²) in [4.78, 5) is 9.01. The SMILES string of the molecule is C=C/C=C\C.C=CC.c1cc(-c2ccc3ccc4c(-c5ccncc5)ccc5ccc2c3c54)cc(-n2c3ccccc3c3ccccc32)c1.c1ccc2ncc(-c3ccc4ccc5c(-c6ccc(-n7c8ccccc8c8ccccc87)cc6)ccc6ccc3c4c65)cc2c1. The third-order valence-corrected chi connectivity index (χ3v) is 18.6. The molecule has 0 saturated heterocycles. The van der Waals surface area contributed by atoms with Crippen molar-refractivity contribution in [3.8, 4) is 55.9 Å². The number of rotatable bonds is 7. The molecule has 4 aromatic heterocycles. The van der Waals surface area contributed by atoms with E-state index in [1.54, 1.807) is 12.2 Å². The van der Waals surface area contributed by atoms with Crippen molar-refractivity contribution in [3.63, 3.8) is 0 Å². The fourth-order valence-corrected chi connectivity index (χ4v) is 14.5. The Bertz CT molecular complexity index is 6000. The molecule has 0 unspecified atom stereocenters. The Balaban J connectivity index is 0.000000134. The van der Waals surface area contributed by atoms with Crippen LogP contribution < -0.4 is 0 Å². The molecule has 0 bridgehead atoms. The number of para-hydroxylation sites is 5. The van der Waals surface area contributed by atoms with E-state index in [0.29, 0.717) is 0 Å². The lowest BCUT2D eigenvalue weighted by atomic mass is 9.87. The number of allylic oxidation sites excluding steroid dienone is 4. The van der Waals surface area contributed by atoms with E-state index >= 15 is 0 Å². The molecule has 0 spiro atoms. The second-order valence-electron chi connectivity index (χ2n) is 24.0. The summed E-state index contributed by atoms with van der Waals surface area (Å²) >= 11 is 0. The molecule has 0 saturated carbocycles. The van der Waals surface area contributed by atoms with Gasteiger partial charge in [0.15, 0.2) is 0 Å². The zero-order valence-electron chi connectivity index (χ0n) is 52.4. The molecular weight excluding hydrogens is 1140 g/mol. The lowest BCUT2D eigenvalue weighted by Gasteiger charge is -2.17. The van der Waals surface area contributed by atoms with Crippen LogP contribution in [0.5, 0.6) is 0 Å². The molecule has 15 aromatic carbocycles. The molecule has 19 aromatic rings. The van der Waals surface area contributed by atoms with E-state index in [4.69, 9.17) is 4.98 Å². The van der Waals surface area contributed by atoms with E-state index in [1.165, 1.54) is 159 Å². The molecule has 94 heavy (non-hydrogen) atoms. The maximum atomic E-state index is 4.78. The van der Waals surface area contributed by atoms with Crippen molar-refractivity contribution in [1.82, 2.24) is 19.1 Å². The molecule has 4 heterocycles. The largest absolute Gasteiger partial charge is 0.309 e. The van der Waals surface area contributed by atoms with Gasteiger partial charge in [-0.3, -0.25) is 9.97 Å². The smallest absolute Gasteiger partial charge is 0.0702 e. The highest BCUT2D eigenvalue weighted by atomic mass is 15.0. The van der Waals surface area contributed by atoms with Crippen molar-refractivity contribution in [2.24, 2.45) is 0 Å². The van der Waals surface area contributed by atoms with Crippen LogP contribution in [0.2, 0.25) is 0 Å². The standard InChI is InChI=1S/C43H26N2.C39H24N2.C5H8.C3H6/c1-4-10-39-30(7-1)25-31(26-44-39)34-22-16-29-17-23-37-33(21-15-28-18-24-38(34)43(29)42(28)37)27-13-19-32(20-14-27)45-40-11-5-2-8-35(40)36-9-3-6-12-41(36)45;1-3-10-36-32(8-1)33-9-2-4-11-37(33)41(36)29-7-5-6-28(24-29)31-17-13-27-14-18-34-30(25-20-22-40-23-21-25)16-12-26-15-19-35(31)39(27)38(26)34;1-3-5-4-2;1-3-2/h1-26H;1-24H;3-5H,1H2,2H3;3H,1H2,2H3/b;;5-4-;. The fraction of sp³-hybridized carbons (Fsp3) is 0.0222. The normalized spacial score (nSPS) is 11.6. The third-order valence-electron chi connectivity index (χ3n) is 18.6. The minimum atomic E-state index is 1.02. The highest BCUT2D eigenvalue weighted by Crippen LogP contribution is 2.46. The Labute approximate surface area is 545 Å². The van der Waals surface area contributed by atoms with Gasteiger partial charge in [-0.05, 0) is 190 Å². The number of fused-ring (bicyclic) bond motifs is 7. The molecule has 0 atom stereocenters. The van der Waals surface area contributed by atoms with Gasteiger partial charge in [0.2, 0.25) is 0 Å². The Morgan fingerprint density at radius 1 is 0.309 bits per heavy atom. The van der Waals surface area contributed by atoms with E-state index < -0.39 is 0 Å². The number of nitrogens with zero attached hydrogens (tertiary/aromatic N) is 4. The Hall–Kier alpha value is -12.2. The van der Waals surface area contributed by atoms with Crippen LogP contribution in [0.25, 0.3) is 175 Å². The number of hydrogen-bond donors (Lipinski definition) is 0. The van der Waals surface area contributed by atoms with Gasteiger partial charge in [-0.25, -0.2) is 0 Å². The van der Waals surface area contributed by atoms with Crippen molar-refractivity contribution >= 4 is 119 Å². The highest BCUT2D eigenvalue weighted by molar-refractivity contribution is 6.29. The molecule has 4 heteroatoms. The maximum Gasteiger partial charge on any atom is 0.0702 e. The first-order valence-electron chi connectivity index (χ1n) is 32.2. The summed E-state index contributed by atoms with van der Waals surface area (Å²) < 4.78 is 4.77. The Morgan fingerprint density at radius 2 is 0.702 bits per heavy atom. The molecule has 0 aliphatic rings. The summed E-state index contributed by atoms with van der Waals surface area (Å²) in [5.74, 6) is 0. The molecular formula is C90H64N4. The summed E-state index contributed by atoms with van der Waals surface area (Å²) in [6.07, 6.45) is 13.1. The average molecular weight is 1200 g/mol. The molecule has 0 fully saturated rings. The quantitative estimate of drug-likeness (QED) is 0.0906. The minimum Gasteiger partial charge on any atom is -0.309 e. The number of pyridine rings is 2. The first kappa shape index (κ1) is 57.0.